The quantitative estimate of drug-likeness (QED) is 0.600. The molecule has 1 aliphatic rings. The molecule has 0 radical (unpaired) electrons. The Morgan fingerprint density at radius 2 is 2.08 bits per heavy atom. The van der Waals surface area contributed by atoms with Gasteiger partial charge in [0, 0.05) is 32.4 Å². The molecule has 2 atom stereocenters. The van der Waals surface area contributed by atoms with Crippen molar-refractivity contribution in [2.75, 3.05) is 37.2 Å². The van der Waals surface area contributed by atoms with E-state index in [1.807, 2.05) is 0 Å². The van der Waals surface area contributed by atoms with Crippen molar-refractivity contribution in [1.29, 1.82) is 0 Å². The Kier molecular flexibility index (Phi) is 6.80. The number of sulfone groups is 1. The first-order valence-corrected chi connectivity index (χ1v) is 10.3. The van der Waals surface area contributed by atoms with E-state index >= 15 is 0 Å². The summed E-state index contributed by atoms with van der Waals surface area (Å²) in [5.74, 6) is 0.0331. The van der Waals surface area contributed by atoms with Gasteiger partial charge in [0.1, 0.15) is 0 Å². The number of ether oxygens (including phenoxy) is 1. The highest BCUT2D eigenvalue weighted by Crippen LogP contribution is 2.29. The molecule has 7 nitrogen and oxygen atoms in total. The Balaban J connectivity index is 2.15. The molecular formula is C17H27N3O4S. The van der Waals surface area contributed by atoms with Gasteiger partial charge in [0.05, 0.1) is 22.9 Å². The van der Waals surface area contributed by atoms with E-state index in [1.165, 1.54) is 12.1 Å². The molecule has 0 aliphatic heterocycles. The molecule has 0 heterocycles. The summed E-state index contributed by atoms with van der Waals surface area (Å²) in [7, 11) is -1.76. The summed E-state index contributed by atoms with van der Waals surface area (Å²) in [5, 5.41) is 5.98. The molecule has 0 saturated heterocycles. The topological polar surface area (TPSA) is 111 Å². The van der Waals surface area contributed by atoms with Crippen LogP contribution in [0, 0.1) is 5.92 Å². The van der Waals surface area contributed by atoms with Gasteiger partial charge in [0.2, 0.25) is 5.91 Å². The van der Waals surface area contributed by atoms with E-state index < -0.39 is 9.84 Å². The number of benzene rings is 1. The van der Waals surface area contributed by atoms with Gasteiger partial charge in [-0.1, -0.05) is 6.42 Å². The first kappa shape index (κ1) is 19.7. The van der Waals surface area contributed by atoms with E-state index in [1.54, 1.807) is 13.2 Å². The maximum Gasteiger partial charge on any atom is 0.224 e. The third-order valence-electron chi connectivity index (χ3n) is 4.48. The van der Waals surface area contributed by atoms with E-state index in [2.05, 4.69) is 10.6 Å². The van der Waals surface area contributed by atoms with Gasteiger partial charge >= 0.3 is 0 Å². The maximum atomic E-state index is 12.4. The SMILES string of the molecule is COCCNc1ccc(S(C)(=O)=O)cc1NC(=O)C[C@@H]1CCC[C@H]1N. The summed E-state index contributed by atoms with van der Waals surface area (Å²) < 4.78 is 28.6. The lowest BCUT2D eigenvalue weighted by Gasteiger charge is -2.17. The Hall–Kier alpha value is -1.64. The minimum atomic E-state index is -3.36. The highest BCUT2D eigenvalue weighted by atomic mass is 32.2. The highest BCUT2D eigenvalue weighted by Gasteiger charge is 2.26. The fourth-order valence-electron chi connectivity index (χ4n) is 3.06. The van der Waals surface area contributed by atoms with E-state index in [9.17, 15) is 13.2 Å². The summed E-state index contributed by atoms with van der Waals surface area (Å²) >= 11 is 0. The van der Waals surface area contributed by atoms with Crippen LogP contribution in [0.2, 0.25) is 0 Å². The molecule has 0 aromatic heterocycles. The monoisotopic (exact) mass is 369 g/mol. The van der Waals surface area contributed by atoms with Crippen LogP contribution in [0.15, 0.2) is 23.1 Å². The first-order chi connectivity index (χ1) is 11.8. The van der Waals surface area contributed by atoms with Crippen molar-refractivity contribution in [3.05, 3.63) is 18.2 Å². The molecule has 0 spiro atoms. The smallest absolute Gasteiger partial charge is 0.224 e. The van der Waals surface area contributed by atoms with Gasteiger partial charge in [-0.15, -0.1) is 0 Å². The van der Waals surface area contributed by atoms with E-state index in [-0.39, 0.29) is 22.8 Å². The lowest BCUT2D eigenvalue weighted by atomic mass is 10.00. The molecular weight excluding hydrogens is 342 g/mol. The minimum absolute atomic E-state index is 0.0624. The zero-order valence-corrected chi connectivity index (χ0v) is 15.6. The van der Waals surface area contributed by atoms with Crippen molar-refractivity contribution in [2.45, 2.75) is 36.6 Å². The molecule has 2 rings (SSSR count). The van der Waals surface area contributed by atoms with E-state index in [0.29, 0.717) is 30.9 Å². The first-order valence-electron chi connectivity index (χ1n) is 8.43. The van der Waals surface area contributed by atoms with Crippen molar-refractivity contribution in [3.8, 4) is 0 Å². The van der Waals surface area contributed by atoms with Gasteiger partial charge in [-0.25, -0.2) is 8.42 Å². The molecule has 4 N–H and O–H groups in total. The van der Waals surface area contributed by atoms with Crippen LogP contribution in [0.1, 0.15) is 25.7 Å². The van der Waals surface area contributed by atoms with Crippen molar-refractivity contribution < 1.29 is 17.9 Å². The number of nitrogens with one attached hydrogen (secondary N) is 2. The van der Waals surface area contributed by atoms with Crippen molar-refractivity contribution in [1.82, 2.24) is 0 Å². The second-order valence-electron chi connectivity index (χ2n) is 6.51. The van der Waals surface area contributed by atoms with Crippen LogP contribution in [0.4, 0.5) is 11.4 Å². The van der Waals surface area contributed by atoms with Crippen LogP contribution < -0.4 is 16.4 Å². The predicted molar refractivity (Wildman–Crippen MR) is 98.5 cm³/mol. The molecule has 1 saturated carbocycles. The molecule has 8 heteroatoms. The normalized spacial score (nSPS) is 20.4. The second kappa shape index (κ2) is 8.64. The van der Waals surface area contributed by atoms with Crippen LogP contribution in [0.5, 0.6) is 0 Å². The van der Waals surface area contributed by atoms with Gasteiger partial charge in [0.25, 0.3) is 0 Å². The number of anilines is 2. The largest absolute Gasteiger partial charge is 0.383 e. The van der Waals surface area contributed by atoms with Crippen molar-refractivity contribution in [2.24, 2.45) is 11.7 Å². The zero-order valence-electron chi connectivity index (χ0n) is 14.7. The van der Waals surface area contributed by atoms with Crippen molar-refractivity contribution >= 4 is 27.1 Å². The Morgan fingerprint density at radius 3 is 2.68 bits per heavy atom. The van der Waals surface area contributed by atoms with Crippen LogP contribution >= 0.6 is 0 Å². The van der Waals surface area contributed by atoms with E-state index in [0.717, 1.165) is 25.5 Å². The van der Waals surface area contributed by atoms with Gasteiger partial charge < -0.3 is 21.1 Å². The summed E-state index contributed by atoms with van der Waals surface area (Å²) in [6.07, 6.45) is 4.44. The van der Waals surface area contributed by atoms with Crippen LogP contribution in [-0.4, -0.2) is 46.9 Å². The molecule has 25 heavy (non-hydrogen) atoms. The fourth-order valence-corrected chi connectivity index (χ4v) is 3.70. The molecule has 1 fully saturated rings. The van der Waals surface area contributed by atoms with Gasteiger partial charge in [-0.05, 0) is 37.0 Å². The fraction of sp³-hybridized carbons (Fsp3) is 0.588. The number of nitrogens with two attached hydrogens (primary N) is 1. The number of hydrogen-bond acceptors (Lipinski definition) is 6. The maximum absolute atomic E-state index is 12.4. The van der Waals surface area contributed by atoms with Crippen LogP contribution in [0.3, 0.4) is 0 Å². The number of rotatable bonds is 8. The van der Waals surface area contributed by atoms with Crippen LogP contribution in [-0.2, 0) is 19.4 Å². The lowest BCUT2D eigenvalue weighted by Crippen LogP contribution is -2.28. The molecule has 1 aromatic carbocycles. The van der Waals surface area contributed by atoms with E-state index in [4.69, 9.17) is 10.5 Å². The number of hydrogen-bond donors (Lipinski definition) is 3. The summed E-state index contributed by atoms with van der Waals surface area (Å²) in [6, 6.07) is 4.72. The zero-order chi connectivity index (χ0) is 18.4. The third kappa shape index (κ3) is 5.69. The average Bonchev–Trinajstić information content (AvgIpc) is 2.93. The predicted octanol–water partition coefficient (Wildman–Crippen LogP) is 1.60. The third-order valence-corrected chi connectivity index (χ3v) is 5.59. The average molecular weight is 369 g/mol. The number of carbonyl (C=O) groups excluding carboxylic acids is 1. The molecule has 0 bridgehead atoms. The standard InChI is InChI=1S/C17H27N3O4S/c1-24-9-8-19-15-7-6-13(25(2,22)23)11-16(15)20-17(21)10-12-4-3-5-14(12)18/h6-7,11-12,14,19H,3-5,8-10,18H2,1-2H3,(H,20,21)/t12-,14+/m0/s1. The second-order valence-corrected chi connectivity index (χ2v) is 8.52. The molecule has 140 valence electrons. The van der Waals surface area contributed by atoms with Crippen molar-refractivity contribution in [3.63, 3.8) is 0 Å². The minimum Gasteiger partial charge on any atom is -0.383 e. The molecule has 1 aliphatic carbocycles. The number of carbonyl (C=O) groups is 1. The Morgan fingerprint density at radius 1 is 1.32 bits per heavy atom. The van der Waals surface area contributed by atoms with Gasteiger partial charge in [-0.2, -0.15) is 0 Å². The summed E-state index contributed by atoms with van der Waals surface area (Å²) in [4.78, 5) is 12.6. The molecule has 1 aromatic rings. The van der Waals surface area contributed by atoms with Gasteiger partial charge in [0.15, 0.2) is 9.84 Å². The number of amides is 1. The summed E-state index contributed by atoms with van der Waals surface area (Å²) in [5.41, 5.74) is 7.14. The molecule has 1 amide bonds. The highest BCUT2D eigenvalue weighted by molar-refractivity contribution is 7.90. The Bertz CT molecular complexity index is 706. The molecule has 0 unspecified atom stereocenters. The van der Waals surface area contributed by atoms with Crippen LogP contribution in [0.25, 0.3) is 0 Å². The Labute approximate surface area is 149 Å². The van der Waals surface area contributed by atoms with Gasteiger partial charge in [-0.3, -0.25) is 4.79 Å². The lowest BCUT2D eigenvalue weighted by molar-refractivity contribution is -0.117. The number of methoxy groups -OCH3 is 1. The summed E-state index contributed by atoms with van der Waals surface area (Å²) in [6.45, 7) is 1.04.